The lowest BCUT2D eigenvalue weighted by atomic mass is 10.00. The molecule has 6 heteroatoms. The molecule has 0 fully saturated rings. The van der Waals surface area contributed by atoms with Gasteiger partial charge >= 0.3 is 0 Å². The monoisotopic (exact) mass is 273 g/mol. The summed E-state index contributed by atoms with van der Waals surface area (Å²) in [5.74, 6) is -1.53. The zero-order chi connectivity index (χ0) is 13.9. The Hall–Kier alpha value is -1.43. The van der Waals surface area contributed by atoms with Gasteiger partial charge in [-0.05, 0) is 18.1 Å². The van der Waals surface area contributed by atoms with Gasteiger partial charge in [0.15, 0.2) is 0 Å². The fourth-order valence-electron chi connectivity index (χ4n) is 1.55. The average molecular weight is 273 g/mol. The van der Waals surface area contributed by atoms with E-state index in [0.29, 0.717) is 9.87 Å². The molecule has 0 aliphatic heterocycles. The molecule has 1 aromatic rings. The van der Waals surface area contributed by atoms with E-state index in [4.69, 9.17) is 0 Å². The zero-order valence-electron chi connectivity index (χ0n) is 10.6. The summed E-state index contributed by atoms with van der Waals surface area (Å²) in [4.78, 5) is 11.8. The Morgan fingerprint density at radius 1 is 1.39 bits per heavy atom. The Labute approximate surface area is 106 Å². The van der Waals surface area contributed by atoms with E-state index in [0.717, 1.165) is 6.26 Å². The molecule has 0 aliphatic rings. The van der Waals surface area contributed by atoms with E-state index in [1.165, 1.54) is 13.1 Å². The Balaban J connectivity index is 2.81. The fourth-order valence-corrected chi connectivity index (χ4v) is 2.06. The molecule has 18 heavy (non-hydrogen) atoms. The third kappa shape index (κ3) is 3.53. The van der Waals surface area contributed by atoms with Crippen LogP contribution in [0.15, 0.2) is 24.3 Å². The van der Waals surface area contributed by atoms with Gasteiger partial charge in [-0.1, -0.05) is 25.1 Å². The Morgan fingerprint density at radius 2 is 1.94 bits per heavy atom. The highest BCUT2D eigenvalue weighted by Gasteiger charge is 2.24. The van der Waals surface area contributed by atoms with Crippen molar-refractivity contribution >= 4 is 15.9 Å². The van der Waals surface area contributed by atoms with E-state index in [2.05, 4.69) is 0 Å². The smallest absolute Gasteiger partial charge is 0.238 e. The summed E-state index contributed by atoms with van der Waals surface area (Å²) in [5.41, 5.74) is 0.403. The van der Waals surface area contributed by atoms with Crippen molar-refractivity contribution in [3.8, 4) is 0 Å². The van der Waals surface area contributed by atoms with Crippen LogP contribution in [0.1, 0.15) is 12.5 Å². The first-order valence-corrected chi connectivity index (χ1v) is 7.29. The quantitative estimate of drug-likeness (QED) is 0.833. The number of rotatable bonds is 4. The summed E-state index contributed by atoms with van der Waals surface area (Å²) in [6, 6.07) is 6.14. The van der Waals surface area contributed by atoms with Crippen molar-refractivity contribution in [3.05, 3.63) is 35.6 Å². The summed E-state index contributed by atoms with van der Waals surface area (Å²) < 4.78 is 36.6. The fraction of sp³-hybridized carbons (Fsp3) is 0.417. The van der Waals surface area contributed by atoms with Crippen molar-refractivity contribution in [3.63, 3.8) is 0 Å². The molecule has 0 saturated carbocycles. The van der Waals surface area contributed by atoms with Crippen molar-refractivity contribution in [1.29, 1.82) is 0 Å². The topological polar surface area (TPSA) is 54.5 Å². The number of hydrogen-bond donors (Lipinski definition) is 0. The number of sulfonamides is 1. The van der Waals surface area contributed by atoms with Crippen LogP contribution in [-0.2, 0) is 21.2 Å². The van der Waals surface area contributed by atoms with Gasteiger partial charge in [0.1, 0.15) is 5.82 Å². The van der Waals surface area contributed by atoms with E-state index in [-0.39, 0.29) is 12.2 Å². The second-order valence-corrected chi connectivity index (χ2v) is 6.28. The third-order valence-electron chi connectivity index (χ3n) is 2.71. The average Bonchev–Trinajstić information content (AvgIpc) is 2.29. The van der Waals surface area contributed by atoms with Gasteiger partial charge in [0.2, 0.25) is 15.9 Å². The highest BCUT2D eigenvalue weighted by Crippen LogP contribution is 2.15. The number of nitrogens with zero attached hydrogens (tertiary/aromatic N) is 1. The summed E-state index contributed by atoms with van der Waals surface area (Å²) in [5, 5.41) is 0. The minimum absolute atomic E-state index is 0.172. The molecule has 0 saturated heterocycles. The van der Waals surface area contributed by atoms with Crippen LogP contribution in [0.25, 0.3) is 0 Å². The second-order valence-electron chi connectivity index (χ2n) is 4.27. The summed E-state index contributed by atoms with van der Waals surface area (Å²) in [6.07, 6.45) is 1.13. The van der Waals surface area contributed by atoms with Crippen molar-refractivity contribution in [2.45, 2.75) is 13.3 Å². The van der Waals surface area contributed by atoms with Crippen LogP contribution in [0, 0.1) is 11.7 Å². The largest absolute Gasteiger partial charge is 0.274 e. The first-order chi connectivity index (χ1) is 8.23. The molecule has 1 amide bonds. The van der Waals surface area contributed by atoms with Gasteiger partial charge < -0.3 is 0 Å². The van der Waals surface area contributed by atoms with Crippen LogP contribution in [-0.4, -0.2) is 31.9 Å². The van der Waals surface area contributed by atoms with Crippen LogP contribution >= 0.6 is 0 Å². The molecule has 0 bridgehead atoms. The maximum atomic E-state index is 13.4. The highest BCUT2D eigenvalue weighted by molar-refractivity contribution is 7.88. The lowest BCUT2D eigenvalue weighted by Crippen LogP contribution is -2.36. The van der Waals surface area contributed by atoms with Gasteiger partial charge in [0.05, 0.1) is 6.26 Å². The number of carbonyl (C=O) groups is 1. The van der Waals surface area contributed by atoms with Crippen LogP contribution in [0.4, 0.5) is 4.39 Å². The SMILES string of the molecule is C[C@@H](Cc1ccccc1F)C(=O)N(C)S(C)(=O)=O. The van der Waals surface area contributed by atoms with Gasteiger partial charge in [-0.3, -0.25) is 4.79 Å². The number of hydrogen-bond acceptors (Lipinski definition) is 3. The van der Waals surface area contributed by atoms with Gasteiger partial charge in [-0.2, -0.15) is 0 Å². The molecule has 0 heterocycles. The normalized spacial score (nSPS) is 13.1. The standard InChI is InChI=1S/C12H16FNO3S/c1-9(12(15)14(2)18(3,16)17)8-10-6-4-5-7-11(10)13/h4-7,9H,8H2,1-3H3/t9-/m0/s1. The number of benzene rings is 1. The molecule has 1 atom stereocenters. The number of carbonyl (C=O) groups excluding carboxylic acids is 1. The van der Waals surface area contributed by atoms with E-state index in [1.807, 2.05) is 0 Å². The zero-order valence-corrected chi connectivity index (χ0v) is 11.4. The molecule has 4 nitrogen and oxygen atoms in total. The van der Waals surface area contributed by atoms with Crippen LogP contribution in [0.5, 0.6) is 0 Å². The van der Waals surface area contributed by atoms with E-state index >= 15 is 0 Å². The van der Waals surface area contributed by atoms with Gasteiger partial charge in [-0.25, -0.2) is 17.1 Å². The summed E-state index contributed by atoms with van der Waals surface area (Å²) in [6.45, 7) is 1.58. The predicted octanol–water partition coefficient (Wildman–Crippen LogP) is 1.42. The minimum atomic E-state index is -3.56. The van der Waals surface area contributed by atoms with Gasteiger partial charge in [0.25, 0.3) is 0 Å². The minimum Gasteiger partial charge on any atom is -0.274 e. The second kappa shape index (κ2) is 5.48. The molecule has 0 spiro atoms. The lowest BCUT2D eigenvalue weighted by molar-refractivity contribution is -0.129. The molecule has 0 radical (unpaired) electrons. The third-order valence-corrected chi connectivity index (χ3v) is 3.89. The van der Waals surface area contributed by atoms with E-state index in [9.17, 15) is 17.6 Å². The number of halogens is 1. The summed E-state index contributed by atoms with van der Waals surface area (Å²) in [7, 11) is -2.36. The first-order valence-electron chi connectivity index (χ1n) is 5.44. The Bertz CT molecular complexity index is 542. The van der Waals surface area contributed by atoms with Crippen molar-refractivity contribution < 1.29 is 17.6 Å². The molecule has 0 unspecified atom stereocenters. The first kappa shape index (κ1) is 14.6. The highest BCUT2D eigenvalue weighted by atomic mass is 32.2. The maximum Gasteiger partial charge on any atom is 0.238 e. The van der Waals surface area contributed by atoms with Gasteiger partial charge in [-0.15, -0.1) is 0 Å². The summed E-state index contributed by atoms with van der Waals surface area (Å²) >= 11 is 0. The number of amides is 1. The van der Waals surface area contributed by atoms with Crippen molar-refractivity contribution in [1.82, 2.24) is 4.31 Å². The Morgan fingerprint density at radius 3 is 2.44 bits per heavy atom. The van der Waals surface area contributed by atoms with E-state index in [1.54, 1.807) is 25.1 Å². The van der Waals surface area contributed by atoms with Crippen molar-refractivity contribution in [2.24, 2.45) is 5.92 Å². The van der Waals surface area contributed by atoms with Gasteiger partial charge in [0, 0.05) is 13.0 Å². The maximum absolute atomic E-state index is 13.4. The molecule has 0 N–H and O–H groups in total. The lowest BCUT2D eigenvalue weighted by Gasteiger charge is -2.19. The molecule has 100 valence electrons. The van der Waals surface area contributed by atoms with Crippen LogP contribution in [0.3, 0.4) is 0 Å². The molecular weight excluding hydrogens is 257 g/mol. The molecular formula is C12H16FNO3S. The van der Waals surface area contributed by atoms with Crippen LogP contribution in [0.2, 0.25) is 0 Å². The van der Waals surface area contributed by atoms with Crippen molar-refractivity contribution in [2.75, 3.05) is 13.3 Å². The Kier molecular flexibility index (Phi) is 4.45. The molecule has 0 aromatic heterocycles. The molecule has 1 aromatic carbocycles. The van der Waals surface area contributed by atoms with Crippen LogP contribution < -0.4 is 0 Å². The molecule has 1 rings (SSSR count). The van der Waals surface area contributed by atoms with E-state index < -0.39 is 21.8 Å². The molecule has 0 aliphatic carbocycles. The predicted molar refractivity (Wildman–Crippen MR) is 66.9 cm³/mol.